The number of benzene rings is 2. The standard InChI is InChI=1S/C16H14ClF2NO2/c1-10(11-6-8-12(9-7-11)22-16(18)19)20-15(21)13-4-2-3-5-14(13)17/h2-10,16H,1H3,(H,20,21). The lowest BCUT2D eigenvalue weighted by atomic mass is 10.1. The molecule has 0 aliphatic carbocycles. The highest BCUT2D eigenvalue weighted by Gasteiger charge is 2.14. The lowest BCUT2D eigenvalue weighted by molar-refractivity contribution is -0.0498. The Morgan fingerprint density at radius 2 is 1.77 bits per heavy atom. The van der Waals surface area contributed by atoms with Crippen molar-refractivity contribution in [2.24, 2.45) is 0 Å². The molecule has 0 saturated carbocycles. The van der Waals surface area contributed by atoms with E-state index in [4.69, 9.17) is 11.6 Å². The van der Waals surface area contributed by atoms with E-state index in [1.54, 1.807) is 43.3 Å². The Balaban J connectivity index is 2.04. The van der Waals surface area contributed by atoms with Gasteiger partial charge < -0.3 is 10.1 Å². The summed E-state index contributed by atoms with van der Waals surface area (Å²) < 4.78 is 28.4. The van der Waals surface area contributed by atoms with Gasteiger partial charge in [-0.1, -0.05) is 35.9 Å². The summed E-state index contributed by atoms with van der Waals surface area (Å²) in [5.74, 6) is -0.227. The molecular formula is C16H14ClF2NO2. The Labute approximate surface area is 131 Å². The summed E-state index contributed by atoms with van der Waals surface area (Å²) >= 11 is 5.97. The molecule has 0 aromatic heterocycles. The molecule has 116 valence electrons. The van der Waals surface area contributed by atoms with Gasteiger partial charge in [0.1, 0.15) is 5.75 Å². The number of hydrogen-bond donors (Lipinski definition) is 1. The smallest absolute Gasteiger partial charge is 0.387 e. The van der Waals surface area contributed by atoms with E-state index in [1.165, 1.54) is 12.1 Å². The predicted octanol–water partition coefficient (Wildman–Crippen LogP) is 4.43. The Hall–Kier alpha value is -2.14. The van der Waals surface area contributed by atoms with Crippen molar-refractivity contribution in [1.82, 2.24) is 5.32 Å². The molecular weight excluding hydrogens is 312 g/mol. The van der Waals surface area contributed by atoms with Crippen molar-refractivity contribution in [2.45, 2.75) is 19.6 Å². The molecule has 1 atom stereocenters. The fourth-order valence-corrected chi connectivity index (χ4v) is 2.16. The van der Waals surface area contributed by atoms with E-state index in [0.29, 0.717) is 10.6 Å². The van der Waals surface area contributed by atoms with Crippen LogP contribution in [0.15, 0.2) is 48.5 Å². The third-order valence-electron chi connectivity index (χ3n) is 3.07. The monoisotopic (exact) mass is 325 g/mol. The Bertz CT molecular complexity index is 647. The topological polar surface area (TPSA) is 38.3 Å². The molecule has 0 radical (unpaired) electrons. The zero-order valence-corrected chi connectivity index (χ0v) is 12.5. The van der Waals surface area contributed by atoms with Crippen molar-refractivity contribution in [1.29, 1.82) is 0 Å². The number of halogens is 3. The van der Waals surface area contributed by atoms with Gasteiger partial charge in [0.2, 0.25) is 0 Å². The summed E-state index contributed by atoms with van der Waals surface area (Å²) in [6, 6.07) is 12.5. The van der Waals surface area contributed by atoms with E-state index in [2.05, 4.69) is 10.1 Å². The van der Waals surface area contributed by atoms with Gasteiger partial charge in [-0.15, -0.1) is 0 Å². The molecule has 1 amide bonds. The average molecular weight is 326 g/mol. The highest BCUT2D eigenvalue weighted by molar-refractivity contribution is 6.33. The molecule has 0 saturated heterocycles. The number of rotatable bonds is 5. The predicted molar refractivity (Wildman–Crippen MR) is 80.4 cm³/mol. The van der Waals surface area contributed by atoms with Crippen LogP contribution < -0.4 is 10.1 Å². The van der Waals surface area contributed by atoms with Crippen LogP contribution in [0.5, 0.6) is 5.75 Å². The van der Waals surface area contributed by atoms with Crippen molar-refractivity contribution >= 4 is 17.5 Å². The number of nitrogens with one attached hydrogen (secondary N) is 1. The maximum Gasteiger partial charge on any atom is 0.387 e. The van der Waals surface area contributed by atoms with Crippen LogP contribution in [0, 0.1) is 0 Å². The Morgan fingerprint density at radius 1 is 1.14 bits per heavy atom. The number of alkyl halides is 2. The SMILES string of the molecule is CC(NC(=O)c1ccccc1Cl)c1ccc(OC(F)F)cc1. The summed E-state index contributed by atoms with van der Waals surface area (Å²) in [5, 5.41) is 3.17. The Morgan fingerprint density at radius 3 is 2.36 bits per heavy atom. The van der Waals surface area contributed by atoms with Gasteiger partial charge in [-0.2, -0.15) is 8.78 Å². The van der Waals surface area contributed by atoms with Crippen LogP contribution in [0.25, 0.3) is 0 Å². The largest absolute Gasteiger partial charge is 0.435 e. The fourth-order valence-electron chi connectivity index (χ4n) is 1.94. The van der Waals surface area contributed by atoms with Gasteiger partial charge in [0.15, 0.2) is 0 Å². The molecule has 1 N–H and O–H groups in total. The third kappa shape index (κ3) is 4.18. The van der Waals surface area contributed by atoms with E-state index in [1.807, 2.05) is 0 Å². The molecule has 0 aliphatic rings. The molecule has 2 aromatic carbocycles. The molecule has 0 fully saturated rings. The minimum absolute atomic E-state index is 0.0726. The zero-order valence-electron chi connectivity index (χ0n) is 11.7. The van der Waals surface area contributed by atoms with Crippen molar-refractivity contribution < 1.29 is 18.3 Å². The van der Waals surface area contributed by atoms with Gasteiger partial charge in [0.05, 0.1) is 16.6 Å². The molecule has 0 bridgehead atoms. The van der Waals surface area contributed by atoms with Gasteiger partial charge in [-0.3, -0.25) is 4.79 Å². The van der Waals surface area contributed by atoms with Gasteiger partial charge in [0.25, 0.3) is 5.91 Å². The highest BCUT2D eigenvalue weighted by Crippen LogP contribution is 2.20. The number of carbonyl (C=O) groups excluding carboxylic acids is 1. The number of carbonyl (C=O) groups is 1. The van der Waals surface area contributed by atoms with Crippen LogP contribution >= 0.6 is 11.6 Å². The first-order valence-corrected chi connectivity index (χ1v) is 6.95. The Kier molecular flexibility index (Phi) is 5.33. The maximum atomic E-state index is 12.1. The zero-order chi connectivity index (χ0) is 16.1. The first kappa shape index (κ1) is 16.2. The van der Waals surface area contributed by atoms with E-state index in [-0.39, 0.29) is 17.7 Å². The van der Waals surface area contributed by atoms with Crippen LogP contribution in [0.3, 0.4) is 0 Å². The molecule has 0 heterocycles. The number of amides is 1. The molecule has 1 unspecified atom stereocenters. The summed E-state index contributed by atoms with van der Waals surface area (Å²) in [6.45, 7) is -1.07. The number of ether oxygens (including phenoxy) is 1. The third-order valence-corrected chi connectivity index (χ3v) is 3.40. The first-order valence-electron chi connectivity index (χ1n) is 6.57. The molecule has 2 rings (SSSR count). The second-order valence-electron chi connectivity index (χ2n) is 4.62. The van der Waals surface area contributed by atoms with Crippen molar-refractivity contribution in [3.63, 3.8) is 0 Å². The van der Waals surface area contributed by atoms with Crippen LogP contribution in [0.2, 0.25) is 5.02 Å². The first-order chi connectivity index (χ1) is 10.5. The molecule has 22 heavy (non-hydrogen) atoms. The molecule has 0 spiro atoms. The van der Waals surface area contributed by atoms with E-state index in [0.717, 1.165) is 5.56 Å². The average Bonchev–Trinajstić information content (AvgIpc) is 2.47. The van der Waals surface area contributed by atoms with Crippen LogP contribution in [-0.4, -0.2) is 12.5 Å². The quantitative estimate of drug-likeness (QED) is 0.883. The minimum atomic E-state index is -2.86. The number of hydrogen-bond acceptors (Lipinski definition) is 2. The lowest BCUT2D eigenvalue weighted by Gasteiger charge is -2.15. The van der Waals surface area contributed by atoms with Crippen LogP contribution in [0.4, 0.5) is 8.78 Å². The minimum Gasteiger partial charge on any atom is -0.435 e. The van der Waals surface area contributed by atoms with Gasteiger partial charge in [-0.05, 0) is 36.8 Å². The lowest BCUT2D eigenvalue weighted by Crippen LogP contribution is -2.26. The fraction of sp³-hybridized carbons (Fsp3) is 0.188. The molecule has 6 heteroatoms. The van der Waals surface area contributed by atoms with E-state index < -0.39 is 6.61 Å². The van der Waals surface area contributed by atoms with Crippen molar-refractivity contribution in [3.05, 3.63) is 64.7 Å². The molecule has 0 aliphatic heterocycles. The van der Waals surface area contributed by atoms with Gasteiger partial charge in [0, 0.05) is 0 Å². The van der Waals surface area contributed by atoms with Crippen molar-refractivity contribution in [2.75, 3.05) is 0 Å². The summed E-state index contributed by atoms with van der Waals surface area (Å²) in [5.41, 5.74) is 1.15. The maximum absolute atomic E-state index is 12.1. The summed E-state index contributed by atoms with van der Waals surface area (Å²) in [7, 11) is 0. The molecule has 3 nitrogen and oxygen atoms in total. The van der Waals surface area contributed by atoms with E-state index in [9.17, 15) is 13.6 Å². The van der Waals surface area contributed by atoms with Crippen LogP contribution in [-0.2, 0) is 0 Å². The highest BCUT2D eigenvalue weighted by atomic mass is 35.5. The normalized spacial score (nSPS) is 12.0. The van der Waals surface area contributed by atoms with Gasteiger partial charge >= 0.3 is 6.61 Å². The summed E-state index contributed by atoms with van der Waals surface area (Å²) in [6.07, 6.45) is 0. The van der Waals surface area contributed by atoms with E-state index >= 15 is 0 Å². The van der Waals surface area contributed by atoms with Crippen molar-refractivity contribution in [3.8, 4) is 5.75 Å². The second kappa shape index (κ2) is 7.22. The second-order valence-corrected chi connectivity index (χ2v) is 5.03. The van der Waals surface area contributed by atoms with Gasteiger partial charge in [-0.25, -0.2) is 0 Å². The molecule has 2 aromatic rings. The van der Waals surface area contributed by atoms with Crippen LogP contribution in [0.1, 0.15) is 28.9 Å². The summed E-state index contributed by atoms with van der Waals surface area (Å²) in [4.78, 5) is 12.1.